The highest BCUT2D eigenvalue weighted by atomic mass is 79.9. The van der Waals surface area contributed by atoms with Gasteiger partial charge in [-0.1, -0.05) is 51.3 Å². The second-order valence-electron chi connectivity index (χ2n) is 3.45. The molecule has 84 valence electrons. The van der Waals surface area contributed by atoms with Gasteiger partial charge in [0.05, 0.1) is 9.85 Å². The van der Waals surface area contributed by atoms with E-state index in [0.717, 1.165) is 26.0 Å². The van der Waals surface area contributed by atoms with Gasteiger partial charge in [0, 0.05) is 9.90 Å². The van der Waals surface area contributed by atoms with Crippen molar-refractivity contribution in [3.8, 4) is 0 Å². The molecule has 1 atom stereocenters. The number of thiophene rings is 1. The summed E-state index contributed by atoms with van der Waals surface area (Å²) in [6, 6.07) is 7.84. The monoisotopic (exact) mass is 334 g/mol. The van der Waals surface area contributed by atoms with E-state index in [1.54, 1.807) is 11.3 Å². The van der Waals surface area contributed by atoms with Gasteiger partial charge in [-0.3, -0.25) is 0 Å². The van der Waals surface area contributed by atoms with Crippen molar-refractivity contribution in [2.45, 2.75) is 11.8 Å². The molecule has 4 heteroatoms. The molecule has 0 saturated carbocycles. The molecule has 0 spiro atoms. The molecule has 1 heterocycles. The van der Waals surface area contributed by atoms with Crippen molar-refractivity contribution in [2.24, 2.45) is 0 Å². The molecule has 0 aliphatic heterocycles. The SMILES string of the molecule is Cc1c(Cl)cccc1C(Br)c1sccc1Cl. The van der Waals surface area contributed by atoms with Crippen molar-refractivity contribution in [1.29, 1.82) is 0 Å². The van der Waals surface area contributed by atoms with Gasteiger partial charge in [0.2, 0.25) is 0 Å². The molecule has 16 heavy (non-hydrogen) atoms. The minimum Gasteiger partial charge on any atom is -0.146 e. The molecule has 2 aromatic rings. The van der Waals surface area contributed by atoms with Gasteiger partial charge < -0.3 is 0 Å². The summed E-state index contributed by atoms with van der Waals surface area (Å²) in [7, 11) is 0. The molecular formula is C12H9BrCl2S. The highest BCUT2D eigenvalue weighted by Crippen LogP contribution is 2.40. The molecule has 1 unspecified atom stereocenters. The third-order valence-electron chi connectivity index (χ3n) is 2.46. The number of hydrogen-bond acceptors (Lipinski definition) is 1. The number of hydrogen-bond donors (Lipinski definition) is 0. The Kier molecular flexibility index (Phi) is 3.96. The molecule has 0 bridgehead atoms. The first-order valence-corrected chi connectivity index (χ1v) is 7.28. The Balaban J connectivity index is 2.46. The summed E-state index contributed by atoms with van der Waals surface area (Å²) in [6.45, 7) is 2.02. The zero-order chi connectivity index (χ0) is 11.7. The van der Waals surface area contributed by atoms with Gasteiger partial charge >= 0.3 is 0 Å². The van der Waals surface area contributed by atoms with Gasteiger partial charge in [-0.15, -0.1) is 11.3 Å². The van der Waals surface area contributed by atoms with Crippen molar-refractivity contribution in [3.05, 3.63) is 55.7 Å². The van der Waals surface area contributed by atoms with Crippen LogP contribution in [0.5, 0.6) is 0 Å². The summed E-state index contributed by atoms with van der Waals surface area (Å²) in [5, 5.41) is 3.58. The molecule has 0 N–H and O–H groups in total. The summed E-state index contributed by atoms with van der Waals surface area (Å²) < 4.78 is 0. The molecule has 0 nitrogen and oxygen atoms in total. The highest BCUT2D eigenvalue weighted by molar-refractivity contribution is 9.09. The van der Waals surface area contributed by atoms with Gasteiger partial charge in [0.15, 0.2) is 0 Å². The maximum Gasteiger partial charge on any atom is 0.0756 e. The van der Waals surface area contributed by atoms with Crippen LogP contribution < -0.4 is 0 Å². The summed E-state index contributed by atoms with van der Waals surface area (Å²) in [5.41, 5.74) is 2.26. The maximum absolute atomic E-state index is 6.12. The molecule has 1 aromatic heterocycles. The largest absolute Gasteiger partial charge is 0.146 e. The molecule has 0 radical (unpaired) electrons. The summed E-state index contributed by atoms with van der Waals surface area (Å²) in [5.74, 6) is 0. The van der Waals surface area contributed by atoms with E-state index in [1.165, 1.54) is 0 Å². The van der Waals surface area contributed by atoms with Crippen LogP contribution in [0.1, 0.15) is 20.8 Å². The Morgan fingerprint density at radius 3 is 2.56 bits per heavy atom. The number of halogens is 3. The van der Waals surface area contributed by atoms with Gasteiger partial charge in [-0.2, -0.15) is 0 Å². The number of rotatable bonds is 2. The lowest BCUT2D eigenvalue weighted by Crippen LogP contribution is -1.94. The smallest absolute Gasteiger partial charge is 0.0756 e. The van der Waals surface area contributed by atoms with Crippen molar-refractivity contribution >= 4 is 50.5 Å². The second-order valence-corrected chi connectivity index (χ2v) is 6.13. The van der Waals surface area contributed by atoms with Gasteiger partial charge in [-0.25, -0.2) is 0 Å². The van der Waals surface area contributed by atoms with E-state index in [2.05, 4.69) is 22.0 Å². The fraction of sp³-hybridized carbons (Fsp3) is 0.167. The van der Waals surface area contributed by atoms with Gasteiger partial charge in [-0.05, 0) is 35.6 Å². The zero-order valence-corrected chi connectivity index (χ0v) is 12.4. The van der Waals surface area contributed by atoms with E-state index in [4.69, 9.17) is 23.2 Å². The van der Waals surface area contributed by atoms with E-state index < -0.39 is 0 Å². The summed E-state index contributed by atoms with van der Waals surface area (Å²) >= 11 is 17.6. The first kappa shape index (κ1) is 12.4. The Morgan fingerprint density at radius 1 is 1.19 bits per heavy atom. The minimum atomic E-state index is 0.110. The third-order valence-corrected chi connectivity index (χ3v) is 5.54. The fourth-order valence-corrected chi connectivity index (χ4v) is 4.06. The van der Waals surface area contributed by atoms with Crippen LogP contribution in [-0.2, 0) is 0 Å². The van der Waals surface area contributed by atoms with E-state index in [0.29, 0.717) is 0 Å². The summed E-state index contributed by atoms with van der Waals surface area (Å²) in [4.78, 5) is 1.23. The predicted molar refractivity (Wildman–Crippen MR) is 76.3 cm³/mol. The topological polar surface area (TPSA) is 0 Å². The standard InChI is InChI=1S/C12H9BrCl2S/c1-7-8(3-2-4-9(7)14)11(13)12-10(15)5-6-16-12/h2-6,11H,1H3. The number of benzene rings is 1. The maximum atomic E-state index is 6.12. The lowest BCUT2D eigenvalue weighted by Gasteiger charge is -2.13. The average molecular weight is 336 g/mol. The van der Waals surface area contributed by atoms with Crippen molar-refractivity contribution in [3.63, 3.8) is 0 Å². The Hall–Kier alpha value is -0.0200. The average Bonchev–Trinajstić information content (AvgIpc) is 2.68. The first-order chi connectivity index (χ1) is 7.61. The molecule has 0 saturated heterocycles. The zero-order valence-electron chi connectivity index (χ0n) is 8.51. The lowest BCUT2D eigenvalue weighted by molar-refractivity contribution is 1.18. The molecule has 2 rings (SSSR count). The van der Waals surface area contributed by atoms with Crippen molar-refractivity contribution in [1.82, 2.24) is 0 Å². The summed E-state index contributed by atoms with van der Waals surface area (Å²) in [6.07, 6.45) is 0. The third kappa shape index (κ3) is 2.30. The van der Waals surface area contributed by atoms with Crippen LogP contribution >= 0.6 is 50.5 Å². The molecule has 0 aliphatic carbocycles. The van der Waals surface area contributed by atoms with Crippen LogP contribution in [0.25, 0.3) is 0 Å². The molecule has 0 fully saturated rings. The van der Waals surface area contributed by atoms with E-state index in [1.807, 2.05) is 30.5 Å². The highest BCUT2D eigenvalue weighted by Gasteiger charge is 2.17. The van der Waals surface area contributed by atoms with Crippen LogP contribution in [0.2, 0.25) is 10.0 Å². The van der Waals surface area contributed by atoms with Crippen molar-refractivity contribution in [2.75, 3.05) is 0 Å². The predicted octanol–water partition coefficient (Wildman–Crippen LogP) is 5.85. The van der Waals surface area contributed by atoms with Crippen LogP contribution in [-0.4, -0.2) is 0 Å². The lowest BCUT2D eigenvalue weighted by atomic mass is 10.1. The normalized spacial score (nSPS) is 12.8. The Bertz CT molecular complexity index is 507. The molecule has 1 aromatic carbocycles. The second kappa shape index (κ2) is 5.09. The quantitative estimate of drug-likeness (QED) is 0.604. The molecule has 0 aliphatic rings. The number of alkyl halides is 1. The molecular weight excluding hydrogens is 327 g/mol. The van der Waals surface area contributed by atoms with Crippen LogP contribution in [0.4, 0.5) is 0 Å². The van der Waals surface area contributed by atoms with E-state index >= 15 is 0 Å². The fourth-order valence-electron chi connectivity index (χ4n) is 1.53. The Labute approximate surface area is 117 Å². The Morgan fingerprint density at radius 2 is 1.94 bits per heavy atom. The van der Waals surface area contributed by atoms with Crippen LogP contribution in [0.3, 0.4) is 0 Å². The molecule has 0 amide bonds. The van der Waals surface area contributed by atoms with Crippen LogP contribution in [0.15, 0.2) is 29.6 Å². The minimum absolute atomic E-state index is 0.110. The van der Waals surface area contributed by atoms with E-state index in [-0.39, 0.29) is 4.83 Å². The van der Waals surface area contributed by atoms with Crippen molar-refractivity contribution < 1.29 is 0 Å². The van der Waals surface area contributed by atoms with Gasteiger partial charge in [0.25, 0.3) is 0 Å². The van der Waals surface area contributed by atoms with Crippen LogP contribution in [0, 0.1) is 6.92 Å². The first-order valence-electron chi connectivity index (χ1n) is 4.73. The van der Waals surface area contributed by atoms with E-state index in [9.17, 15) is 0 Å². The van der Waals surface area contributed by atoms with Gasteiger partial charge in [0.1, 0.15) is 0 Å².